The first kappa shape index (κ1) is 11.2. The van der Waals surface area contributed by atoms with Crippen molar-refractivity contribution in [3.8, 4) is 0 Å². The van der Waals surface area contributed by atoms with Gasteiger partial charge in [-0.1, -0.05) is 18.2 Å². The van der Waals surface area contributed by atoms with Gasteiger partial charge in [-0.2, -0.15) is 0 Å². The quantitative estimate of drug-likeness (QED) is 0.644. The van der Waals surface area contributed by atoms with Gasteiger partial charge in [0.05, 0.1) is 5.56 Å². The van der Waals surface area contributed by atoms with Crippen LogP contribution in [-0.4, -0.2) is 17.5 Å². The molecule has 2 unspecified atom stereocenters. The number of cyclic esters (lactones) is 1. The summed E-state index contributed by atoms with van der Waals surface area (Å²) in [7, 11) is -2.59. The maximum atomic E-state index is 11.4. The fourth-order valence-electron chi connectivity index (χ4n) is 1.67. The Labute approximate surface area is 92.9 Å². The summed E-state index contributed by atoms with van der Waals surface area (Å²) in [6, 6.07) is 7.10. The molecule has 1 aromatic rings. The van der Waals surface area contributed by atoms with Crippen molar-refractivity contribution in [1.29, 1.82) is 0 Å². The van der Waals surface area contributed by atoms with Gasteiger partial charge in [-0.3, -0.25) is 0 Å². The smallest absolute Gasteiger partial charge is 0.454 e. The van der Waals surface area contributed by atoms with Gasteiger partial charge in [0.1, 0.15) is 12.7 Å². The Bertz CT molecular complexity index is 431. The van der Waals surface area contributed by atoms with Crippen LogP contribution in [0.3, 0.4) is 0 Å². The Morgan fingerprint density at radius 1 is 1.44 bits per heavy atom. The molecule has 0 radical (unpaired) electrons. The van der Waals surface area contributed by atoms with Gasteiger partial charge in [0, 0.05) is 16.5 Å². The van der Waals surface area contributed by atoms with Gasteiger partial charge < -0.3 is 4.74 Å². The summed E-state index contributed by atoms with van der Waals surface area (Å²) in [6.07, 6.45) is 0.00310. The SMILES string of the molecule is O=C1OC(CCO[P+](=O)O)c2ccccc21. The van der Waals surface area contributed by atoms with Crippen LogP contribution in [-0.2, 0) is 13.8 Å². The molecule has 1 aliphatic heterocycles. The van der Waals surface area contributed by atoms with Crippen molar-refractivity contribution in [3.63, 3.8) is 0 Å². The van der Waals surface area contributed by atoms with Crippen molar-refractivity contribution in [2.45, 2.75) is 12.5 Å². The zero-order chi connectivity index (χ0) is 11.5. The van der Waals surface area contributed by atoms with Crippen LogP contribution in [0.1, 0.15) is 28.4 Å². The Kier molecular flexibility index (Phi) is 3.29. The lowest BCUT2D eigenvalue weighted by Crippen LogP contribution is -2.01. The third-order valence-corrected chi connectivity index (χ3v) is 2.76. The van der Waals surface area contributed by atoms with Crippen molar-refractivity contribution in [2.75, 3.05) is 6.61 Å². The Morgan fingerprint density at radius 3 is 2.94 bits per heavy atom. The maximum Gasteiger partial charge on any atom is 0.694 e. The average Bonchev–Trinajstić information content (AvgIpc) is 2.57. The molecule has 0 bridgehead atoms. The molecule has 0 saturated heterocycles. The predicted octanol–water partition coefficient (Wildman–Crippen LogP) is 1.95. The molecule has 1 aliphatic rings. The molecule has 5 nitrogen and oxygen atoms in total. The number of ether oxygens (including phenoxy) is 1. The van der Waals surface area contributed by atoms with E-state index in [1.165, 1.54) is 0 Å². The molecular formula is C10H10O5P+. The highest BCUT2D eigenvalue weighted by Gasteiger charge is 2.30. The van der Waals surface area contributed by atoms with Crippen molar-refractivity contribution in [1.82, 2.24) is 0 Å². The van der Waals surface area contributed by atoms with Crippen LogP contribution in [0, 0.1) is 0 Å². The van der Waals surface area contributed by atoms with Crippen LogP contribution in [0.4, 0.5) is 0 Å². The molecule has 2 atom stereocenters. The number of hydrogen-bond donors (Lipinski definition) is 1. The number of hydrogen-bond acceptors (Lipinski definition) is 4. The van der Waals surface area contributed by atoms with Crippen molar-refractivity contribution in [3.05, 3.63) is 35.4 Å². The second kappa shape index (κ2) is 4.70. The molecule has 1 N–H and O–H groups in total. The van der Waals surface area contributed by atoms with Crippen LogP contribution in [0.25, 0.3) is 0 Å². The lowest BCUT2D eigenvalue weighted by atomic mass is 10.0. The number of carbonyl (C=O) groups excluding carboxylic acids is 1. The van der Waals surface area contributed by atoms with E-state index in [1.807, 2.05) is 12.1 Å². The summed E-state index contributed by atoms with van der Waals surface area (Å²) >= 11 is 0. The highest BCUT2D eigenvalue weighted by atomic mass is 31.1. The lowest BCUT2D eigenvalue weighted by molar-refractivity contribution is 0.0340. The second-order valence-corrected chi connectivity index (χ2v) is 4.07. The van der Waals surface area contributed by atoms with E-state index in [2.05, 4.69) is 4.52 Å². The molecule has 2 rings (SSSR count). The van der Waals surface area contributed by atoms with Gasteiger partial charge in [-0.25, -0.2) is 4.79 Å². The van der Waals surface area contributed by atoms with Gasteiger partial charge >= 0.3 is 14.2 Å². The highest BCUT2D eigenvalue weighted by molar-refractivity contribution is 7.32. The molecule has 0 amide bonds. The highest BCUT2D eigenvalue weighted by Crippen LogP contribution is 2.33. The van der Waals surface area contributed by atoms with Crippen molar-refractivity contribution in [2.24, 2.45) is 0 Å². The first-order valence-electron chi connectivity index (χ1n) is 4.77. The largest absolute Gasteiger partial charge is 0.694 e. The van der Waals surface area contributed by atoms with Gasteiger partial charge in [0.15, 0.2) is 0 Å². The monoisotopic (exact) mass is 241 g/mol. The molecule has 1 heterocycles. The molecule has 0 saturated carbocycles. The summed E-state index contributed by atoms with van der Waals surface area (Å²) in [5.74, 6) is -0.353. The van der Waals surface area contributed by atoms with E-state index in [9.17, 15) is 9.36 Å². The van der Waals surface area contributed by atoms with Crippen molar-refractivity contribution < 1.29 is 23.5 Å². The molecule has 0 aliphatic carbocycles. The number of rotatable bonds is 4. The lowest BCUT2D eigenvalue weighted by Gasteiger charge is -2.07. The second-order valence-electron chi connectivity index (χ2n) is 3.34. The summed E-state index contributed by atoms with van der Waals surface area (Å²) in [5.41, 5.74) is 1.37. The van der Waals surface area contributed by atoms with Crippen LogP contribution in [0.2, 0.25) is 0 Å². The molecule has 1 aromatic carbocycles. The standard InChI is InChI=1S/C10H9O5P/c11-10-8-4-2-1-3-7(8)9(15-10)5-6-14-16(12)13/h1-4,9H,5-6H2/p+1. The first-order chi connectivity index (χ1) is 7.68. The Balaban J connectivity index is 2.03. The molecule has 16 heavy (non-hydrogen) atoms. The molecule has 0 aromatic heterocycles. The topological polar surface area (TPSA) is 72.8 Å². The van der Waals surface area contributed by atoms with E-state index >= 15 is 0 Å². The Hall–Kier alpha value is -1.29. The molecule has 6 heteroatoms. The van der Waals surface area contributed by atoms with Crippen LogP contribution < -0.4 is 0 Å². The average molecular weight is 241 g/mol. The van der Waals surface area contributed by atoms with E-state index in [0.29, 0.717) is 12.0 Å². The van der Waals surface area contributed by atoms with Gasteiger partial charge in [0.25, 0.3) is 0 Å². The zero-order valence-corrected chi connectivity index (χ0v) is 9.22. The third-order valence-electron chi connectivity index (χ3n) is 2.36. The van der Waals surface area contributed by atoms with Crippen LogP contribution in [0.15, 0.2) is 24.3 Å². The van der Waals surface area contributed by atoms with Crippen LogP contribution >= 0.6 is 8.25 Å². The number of carbonyl (C=O) groups is 1. The normalized spacial score (nSPS) is 19.2. The van der Waals surface area contributed by atoms with E-state index in [0.717, 1.165) is 5.56 Å². The molecule has 0 spiro atoms. The van der Waals surface area contributed by atoms with E-state index in [-0.39, 0.29) is 18.7 Å². The number of fused-ring (bicyclic) bond motifs is 1. The summed E-state index contributed by atoms with van der Waals surface area (Å²) in [6.45, 7) is 0.0813. The zero-order valence-electron chi connectivity index (χ0n) is 8.33. The minimum Gasteiger partial charge on any atom is -0.454 e. The predicted molar refractivity (Wildman–Crippen MR) is 55.0 cm³/mol. The van der Waals surface area contributed by atoms with E-state index in [4.69, 9.17) is 9.63 Å². The van der Waals surface area contributed by atoms with Crippen LogP contribution in [0.5, 0.6) is 0 Å². The van der Waals surface area contributed by atoms with Gasteiger partial charge in [-0.15, -0.1) is 9.42 Å². The number of benzene rings is 1. The van der Waals surface area contributed by atoms with Crippen molar-refractivity contribution >= 4 is 14.2 Å². The van der Waals surface area contributed by atoms with E-state index < -0.39 is 8.25 Å². The fourth-order valence-corrected chi connectivity index (χ4v) is 1.93. The maximum absolute atomic E-state index is 11.4. The first-order valence-corrected chi connectivity index (χ1v) is 5.90. The third kappa shape index (κ3) is 2.27. The summed E-state index contributed by atoms with van der Waals surface area (Å²) < 4.78 is 19.9. The fraction of sp³-hybridized carbons (Fsp3) is 0.300. The minimum atomic E-state index is -2.59. The van der Waals surface area contributed by atoms with Gasteiger partial charge in [-0.05, 0) is 6.07 Å². The number of esters is 1. The summed E-state index contributed by atoms with van der Waals surface area (Å²) in [5, 5.41) is 0. The molecule has 0 fully saturated rings. The van der Waals surface area contributed by atoms with E-state index in [1.54, 1.807) is 12.1 Å². The molecular weight excluding hydrogens is 231 g/mol. The Morgan fingerprint density at radius 2 is 2.19 bits per heavy atom. The minimum absolute atomic E-state index is 0.0813. The summed E-state index contributed by atoms with van der Waals surface area (Å²) in [4.78, 5) is 19.9. The molecule has 84 valence electrons. The van der Waals surface area contributed by atoms with Gasteiger partial charge in [0.2, 0.25) is 0 Å².